The van der Waals surface area contributed by atoms with Crippen molar-refractivity contribution in [2.75, 3.05) is 6.61 Å². The second kappa shape index (κ2) is 12.1. The number of carboxylic acid groups (broad SMARTS) is 1. The lowest BCUT2D eigenvalue weighted by Crippen LogP contribution is -2.17. The van der Waals surface area contributed by atoms with E-state index >= 15 is 0 Å². The SMILES string of the molecule is O=C(O)c1ccc2nc(Cc3ccc(-c4cccc(OCc5ccc(C(F)(F)F)cc5F)n4)cc3)n(C[C@@H]3CCCO3)c2c1. The standard InChI is InChI=1S/C33H27F4N3O4/c34-26-17-24(33(35,36)37)12-10-23(26)19-44-31-5-1-4-27(39-31)21-8-6-20(7-9-21)15-30-38-28-13-11-22(32(41)42)16-29(28)40(30)18-25-3-2-14-43-25/h1,4-13,16-17,25H,2-3,14-15,18-19H2,(H,41,42)/t25-/m0/s1. The van der Waals surface area contributed by atoms with Gasteiger partial charge in [-0.2, -0.15) is 13.2 Å². The quantitative estimate of drug-likeness (QED) is 0.178. The van der Waals surface area contributed by atoms with Gasteiger partial charge in [0, 0.05) is 30.2 Å². The third kappa shape index (κ3) is 6.42. The molecule has 0 amide bonds. The van der Waals surface area contributed by atoms with Crippen LogP contribution < -0.4 is 4.74 Å². The van der Waals surface area contributed by atoms with Crippen LogP contribution in [0, 0.1) is 5.82 Å². The molecule has 1 aliphatic rings. The zero-order chi connectivity index (χ0) is 30.8. The van der Waals surface area contributed by atoms with Crippen LogP contribution in [0.25, 0.3) is 22.3 Å². The van der Waals surface area contributed by atoms with E-state index in [9.17, 15) is 27.5 Å². The van der Waals surface area contributed by atoms with Crippen LogP contribution in [-0.2, 0) is 30.5 Å². The van der Waals surface area contributed by atoms with Gasteiger partial charge in [-0.3, -0.25) is 0 Å². The van der Waals surface area contributed by atoms with E-state index in [-0.39, 0.29) is 29.7 Å². The summed E-state index contributed by atoms with van der Waals surface area (Å²) in [6, 6.07) is 20.1. The zero-order valence-electron chi connectivity index (χ0n) is 23.4. The molecule has 2 aromatic heterocycles. The fourth-order valence-electron chi connectivity index (χ4n) is 5.26. The number of aromatic nitrogens is 3. The highest BCUT2D eigenvalue weighted by atomic mass is 19.4. The van der Waals surface area contributed by atoms with Crippen molar-refractivity contribution in [3.8, 4) is 17.1 Å². The highest BCUT2D eigenvalue weighted by Crippen LogP contribution is 2.31. The number of fused-ring (bicyclic) bond motifs is 1. The Balaban J connectivity index is 1.18. The summed E-state index contributed by atoms with van der Waals surface area (Å²) in [5, 5.41) is 9.51. The van der Waals surface area contributed by atoms with Gasteiger partial charge in [-0.1, -0.05) is 36.4 Å². The van der Waals surface area contributed by atoms with Crippen molar-refractivity contribution in [2.24, 2.45) is 0 Å². The summed E-state index contributed by atoms with van der Waals surface area (Å²) in [5.74, 6) is -0.994. The van der Waals surface area contributed by atoms with E-state index < -0.39 is 23.5 Å². The number of carboxylic acids is 1. The number of imidazole rings is 1. The number of halogens is 4. The first-order valence-corrected chi connectivity index (χ1v) is 14.0. The summed E-state index contributed by atoms with van der Waals surface area (Å²) in [6.07, 6.45) is -2.16. The Morgan fingerprint density at radius 1 is 1.02 bits per heavy atom. The number of hydrogen-bond donors (Lipinski definition) is 1. The first-order chi connectivity index (χ1) is 21.1. The van der Waals surface area contributed by atoms with Crippen molar-refractivity contribution in [3.63, 3.8) is 0 Å². The van der Waals surface area contributed by atoms with Gasteiger partial charge in [0.1, 0.15) is 18.2 Å². The molecule has 0 bridgehead atoms. The van der Waals surface area contributed by atoms with E-state index in [1.54, 1.807) is 36.4 Å². The van der Waals surface area contributed by atoms with Gasteiger partial charge in [0.25, 0.3) is 0 Å². The van der Waals surface area contributed by atoms with Crippen LogP contribution >= 0.6 is 0 Å². The number of pyridine rings is 1. The highest BCUT2D eigenvalue weighted by Gasteiger charge is 2.31. The van der Waals surface area contributed by atoms with Gasteiger partial charge >= 0.3 is 12.1 Å². The maximum absolute atomic E-state index is 14.2. The van der Waals surface area contributed by atoms with Crippen molar-refractivity contribution in [1.29, 1.82) is 0 Å². The molecule has 0 radical (unpaired) electrons. The Morgan fingerprint density at radius 2 is 1.84 bits per heavy atom. The lowest BCUT2D eigenvalue weighted by atomic mass is 10.1. The maximum atomic E-state index is 14.2. The predicted octanol–water partition coefficient (Wildman–Crippen LogP) is 7.30. The van der Waals surface area contributed by atoms with Crippen molar-refractivity contribution >= 4 is 17.0 Å². The smallest absolute Gasteiger partial charge is 0.416 e. The predicted molar refractivity (Wildman–Crippen MR) is 154 cm³/mol. The molecule has 3 aromatic carbocycles. The minimum absolute atomic E-state index is 0.0146. The Bertz CT molecular complexity index is 1810. The first-order valence-electron chi connectivity index (χ1n) is 14.0. The third-order valence-corrected chi connectivity index (χ3v) is 7.58. The Morgan fingerprint density at radius 3 is 2.55 bits per heavy atom. The fourth-order valence-corrected chi connectivity index (χ4v) is 5.26. The molecular formula is C33H27F4N3O4. The van der Waals surface area contributed by atoms with Crippen molar-refractivity contribution in [2.45, 2.75) is 44.7 Å². The van der Waals surface area contributed by atoms with Crippen molar-refractivity contribution < 1.29 is 36.9 Å². The summed E-state index contributed by atoms with van der Waals surface area (Å²) >= 11 is 0. The number of benzene rings is 3. The van der Waals surface area contributed by atoms with Gasteiger partial charge in [0.15, 0.2) is 0 Å². The molecule has 3 heterocycles. The average Bonchev–Trinajstić information content (AvgIpc) is 3.64. The maximum Gasteiger partial charge on any atom is 0.416 e. The molecular weight excluding hydrogens is 578 g/mol. The van der Waals surface area contributed by atoms with Gasteiger partial charge in [0.05, 0.1) is 40.5 Å². The molecule has 0 unspecified atom stereocenters. The molecule has 0 aliphatic carbocycles. The summed E-state index contributed by atoms with van der Waals surface area (Å²) in [5.41, 5.74) is 2.99. The second-order valence-corrected chi connectivity index (χ2v) is 10.6. The van der Waals surface area contributed by atoms with Crippen LogP contribution in [0.3, 0.4) is 0 Å². The molecule has 226 valence electrons. The van der Waals surface area contributed by atoms with Crippen molar-refractivity contribution in [3.05, 3.63) is 113 Å². The van der Waals surface area contributed by atoms with Gasteiger partial charge in [-0.05, 0) is 54.8 Å². The van der Waals surface area contributed by atoms with E-state index in [0.717, 1.165) is 53.0 Å². The molecule has 1 atom stereocenters. The number of nitrogens with zero attached hydrogens (tertiary/aromatic N) is 3. The number of aromatic carboxylic acids is 1. The fraction of sp³-hybridized carbons (Fsp3) is 0.242. The van der Waals surface area contributed by atoms with Gasteiger partial charge < -0.3 is 19.1 Å². The molecule has 1 N–H and O–H groups in total. The lowest BCUT2D eigenvalue weighted by molar-refractivity contribution is -0.137. The van der Waals surface area contributed by atoms with E-state index in [2.05, 4.69) is 4.98 Å². The lowest BCUT2D eigenvalue weighted by Gasteiger charge is -2.14. The van der Waals surface area contributed by atoms with Crippen LogP contribution in [0.15, 0.2) is 78.9 Å². The van der Waals surface area contributed by atoms with Crippen LogP contribution in [0.5, 0.6) is 5.88 Å². The minimum atomic E-state index is -4.63. The Hall–Kier alpha value is -4.77. The summed E-state index contributed by atoms with van der Waals surface area (Å²) in [4.78, 5) is 20.9. The van der Waals surface area contributed by atoms with E-state index in [0.29, 0.717) is 31.3 Å². The number of ether oxygens (including phenoxy) is 2. The second-order valence-electron chi connectivity index (χ2n) is 10.6. The van der Waals surface area contributed by atoms with Crippen LogP contribution in [0.4, 0.5) is 17.6 Å². The number of carbonyl (C=O) groups is 1. The molecule has 0 saturated carbocycles. The molecule has 5 aromatic rings. The van der Waals surface area contributed by atoms with E-state index in [1.165, 1.54) is 0 Å². The largest absolute Gasteiger partial charge is 0.478 e. The molecule has 1 aliphatic heterocycles. The number of rotatable bonds is 9. The molecule has 7 nitrogen and oxygen atoms in total. The zero-order valence-corrected chi connectivity index (χ0v) is 23.4. The molecule has 11 heteroatoms. The van der Waals surface area contributed by atoms with Crippen LogP contribution in [0.2, 0.25) is 0 Å². The summed E-state index contributed by atoms with van der Waals surface area (Å²) in [6.45, 7) is 1.01. The van der Waals surface area contributed by atoms with Crippen LogP contribution in [-0.4, -0.2) is 38.3 Å². The Kier molecular flexibility index (Phi) is 8.05. The van der Waals surface area contributed by atoms with Gasteiger partial charge in [-0.15, -0.1) is 0 Å². The highest BCUT2D eigenvalue weighted by molar-refractivity contribution is 5.92. The molecule has 1 saturated heterocycles. The average molecular weight is 606 g/mol. The van der Waals surface area contributed by atoms with Gasteiger partial charge in [0.2, 0.25) is 5.88 Å². The summed E-state index contributed by atoms with van der Waals surface area (Å²) < 4.78 is 66.2. The minimum Gasteiger partial charge on any atom is -0.478 e. The molecule has 1 fully saturated rings. The normalized spacial score (nSPS) is 15.1. The monoisotopic (exact) mass is 605 g/mol. The van der Waals surface area contributed by atoms with E-state index in [1.807, 2.05) is 28.8 Å². The number of hydrogen-bond acceptors (Lipinski definition) is 5. The molecule has 44 heavy (non-hydrogen) atoms. The molecule has 0 spiro atoms. The first kappa shape index (κ1) is 29.3. The van der Waals surface area contributed by atoms with Gasteiger partial charge in [-0.25, -0.2) is 19.2 Å². The third-order valence-electron chi connectivity index (χ3n) is 7.58. The van der Waals surface area contributed by atoms with E-state index in [4.69, 9.17) is 14.5 Å². The van der Waals surface area contributed by atoms with Crippen molar-refractivity contribution in [1.82, 2.24) is 14.5 Å². The Labute approximate surface area is 249 Å². The van der Waals surface area contributed by atoms with Crippen LogP contribution in [0.1, 0.15) is 45.7 Å². The molecule has 6 rings (SSSR count). The summed E-state index contributed by atoms with van der Waals surface area (Å²) in [7, 11) is 0. The number of alkyl halides is 3. The topological polar surface area (TPSA) is 86.5 Å².